The van der Waals surface area contributed by atoms with E-state index < -0.39 is 0 Å². The Labute approximate surface area is 126 Å². The monoisotopic (exact) mass is 212 g/mol. The second-order valence-electron chi connectivity index (χ2n) is 6.08. The topological polar surface area (TPSA) is 28.2 Å². The third-order valence-electron chi connectivity index (χ3n) is 1.88. The molecule has 0 aliphatic heterocycles. The molecule has 2 nitrogen and oxygen atoms in total. The summed E-state index contributed by atoms with van der Waals surface area (Å²) in [5.41, 5.74) is 0.0855. The fourth-order valence-corrected chi connectivity index (χ4v) is 1.44. The Morgan fingerprint density at radius 3 is 0.938 bits per heavy atom. The van der Waals surface area contributed by atoms with Gasteiger partial charge in [0, 0.05) is 0 Å². The minimum Gasteiger partial charge on any atom is -0.656 e. The molecular weight excluding hydrogens is 186 g/mol. The molecule has 0 fully saturated rings. The van der Waals surface area contributed by atoms with Crippen LogP contribution < -0.4 is 37.7 Å². The molecule has 0 spiro atoms. The summed E-state index contributed by atoms with van der Waals surface area (Å²) in [6, 6.07) is 0.600. The predicted octanol–water partition coefficient (Wildman–Crippen LogP) is -1.88. The molecule has 0 aliphatic carbocycles. The summed E-state index contributed by atoms with van der Waals surface area (Å²) < 4.78 is 0. The van der Waals surface area contributed by atoms with Gasteiger partial charge in [-0.25, -0.2) is 0 Å². The van der Waals surface area contributed by atoms with Crippen molar-refractivity contribution in [3.63, 3.8) is 0 Å². The molecule has 0 rings (SSSR count). The van der Waals surface area contributed by atoms with Crippen molar-refractivity contribution in [3.8, 4) is 0 Å². The second kappa shape index (κ2) is 8.26. The predicted molar refractivity (Wildman–Crippen MR) is 65.1 cm³/mol. The van der Waals surface area contributed by atoms with Gasteiger partial charge in [0.05, 0.1) is 0 Å². The van der Waals surface area contributed by atoms with Crippen LogP contribution in [0.1, 0.15) is 55.4 Å². The molecule has 0 aromatic rings. The van der Waals surface area contributed by atoms with Crippen molar-refractivity contribution >= 4 is 0 Å². The number of hydrogen-bond acceptors (Lipinski definition) is 0. The zero-order chi connectivity index (χ0) is 11.6. The molecule has 0 aromatic heterocycles. The van der Waals surface area contributed by atoms with E-state index in [2.05, 4.69) is 55.4 Å². The summed E-state index contributed by atoms with van der Waals surface area (Å²) in [7, 11) is 0. The molecule has 0 saturated carbocycles. The van der Waals surface area contributed by atoms with E-state index in [-0.39, 0.29) is 48.8 Å². The van der Waals surface area contributed by atoms with E-state index in [1.54, 1.807) is 0 Å². The third kappa shape index (κ3) is 13.2. The van der Waals surface area contributed by atoms with Gasteiger partial charge in [0.1, 0.15) is 0 Å². The van der Waals surface area contributed by atoms with Crippen LogP contribution in [-0.4, -0.2) is 23.2 Å². The van der Waals surface area contributed by atoms with Crippen molar-refractivity contribution in [2.75, 3.05) is 0 Å². The van der Waals surface area contributed by atoms with Crippen LogP contribution in [0.2, 0.25) is 0 Å². The Morgan fingerprint density at radius 1 is 0.625 bits per heavy atom. The molecular formula is C12H26Li2N2. The van der Waals surface area contributed by atoms with Gasteiger partial charge < -0.3 is 10.6 Å². The Kier molecular flexibility index (Phi) is 11.5. The summed E-state index contributed by atoms with van der Waals surface area (Å²) >= 11 is 0. The average Bonchev–Trinajstić information content (AvgIpc) is 1.78. The standard InChI is InChI=1S/C12H26N2.2Li/c1-9(13-11(3,4)5)10(2)14-12(6,7)8;;/h9-10H,1-8H3;;/q-2;2*+1/t9-,10-;;/m0../s1. The molecule has 0 N–H and O–H groups in total. The minimum atomic E-state index is 0. The first-order chi connectivity index (χ1) is 6.01. The molecule has 0 saturated heterocycles. The average molecular weight is 212 g/mol. The molecule has 0 aromatic carbocycles. The van der Waals surface area contributed by atoms with Gasteiger partial charge in [0.15, 0.2) is 0 Å². The molecule has 2 atom stereocenters. The Morgan fingerprint density at radius 2 is 0.812 bits per heavy atom. The van der Waals surface area contributed by atoms with Crippen molar-refractivity contribution in [1.29, 1.82) is 0 Å². The van der Waals surface area contributed by atoms with Gasteiger partial charge >= 0.3 is 37.7 Å². The van der Waals surface area contributed by atoms with Gasteiger partial charge in [-0.3, -0.25) is 0 Å². The van der Waals surface area contributed by atoms with Crippen molar-refractivity contribution < 1.29 is 37.7 Å². The van der Waals surface area contributed by atoms with Crippen LogP contribution in [0.3, 0.4) is 0 Å². The van der Waals surface area contributed by atoms with Crippen molar-refractivity contribution in [1.82, 2.24) is 0 Å². The Bertz CT molecular complexity index is 151. The fourth-order valence-electron chi connectivity index (χ4n) is 1.44. The molecule has 0 aliphatic rings. The van der Waals surface area contributed by atoms with Crippen LogP contribution in [0.5, 0.6) is 0 Å². The Hall–Kier alpha value is 1.11. The first kappa shape index (κ1) is 22.3. The first-order valence-corrected chi connectivity index (χ1v) is 5.45. The van der Waals surface area contributed by atoms with Crippen LogP contribution in [0, 0.1) is 0 Å². The van der Waals surface area contributed by atoms with Gasteiger partial charge in [-0.1, -0.05) is 55.4 Å². The SMILES string of the molecule is C[C@H]([N-]C(C)(C)C)[C@H](C)[N-]C(C)(C)C.[Li+].[Li+]. The number of hydrogen-bond donors (Lipinski definition) is 0. The maximum absolute atomic E-state index is 4.70. The molecule has 0 amide bonds. The van der Waals surface area contributed by atoms with E-state index in [0.717, 1.165) is 0 Å². The summed E-state index contributed by atoms with van der Waals surface area (Å²) in [5.74, 6) is 0. The summed E-state index contributed by atoms with van der Waals surface area (Å²) in [6.45, 7) is 17.1. The van der Waals surface area contributed by atoms with E-state index in [1.165, 1.54) is 0 Å². The maximum Gasteiger partial charge on any atom is 1.00 e. The first-order valence-electron chi connectivity index (χ1n) is 5.45. The largest absolute Gasteiger partial charge is 1.00 e. The summed E-state index contributed by atoms with van der Waals surface area (Å²) in [6.07, 6.45) is 0. The summed E-state index contributed by atoms with van der Waals surface area (Å²) in [5, 5.41) is 9.40. The molecule has 0 radical (unpaired) electrons. The zero-order valence-corrected chi connectivity index (χ0v) is 13.0. The molecule has 16 heavy (non-hydrogen) atoms. The second-order valence-corrected chi connectivity index (χ2v) is 6.08. The van der Waals surface area contributed by atoms with E-state index in [1.807, 2.05) is 0 Å². The van der Waals surface area contributed by atoms with Crippen molar-refractivity contribution in [3.05, 3.63) is 10.6 Å². The fraction of sp³-hybridized carbons (Fsp3) is 1.00. The van der Waals surface area contributed by atoms with Crippen LogP contribution in [-0.2, 0) is 0 Å². The van der Waals surface area contributed by atoms with Crippen LogP contribution in [0.25, 0.3) is 10.6 Å². The number of rotatable bonds is 3. The molecule has 4 heteroatoms. The van der Waals surface area contributed by atoms with Gasteiger partial charge in [-0.15, -0.1) is 11.1 Å². The van der Waals surface area contributed by atoms with Crippen LogP contribution in [0.4, 0.5) is 0 Å². The van der Waals surface area contributed by atoms with E-state index >= 15 is 0 Å². The van der Waals surface area contributed by atoms with Crippen molar-refractivity contribution in [2.24, 2.45) is 0 Å². The van der Waals surface area contributed by atoms with E-state index in [9.17, 15) is 0 Å². The van der Waals surface area contributed by atoms with Crippen LogP contribution in [0.15, 0.2) is 0 Å². The molecule has 0 bridgehead atoms. The maximum atomic E-state index is 4.70. The van der Waals surface area contributed by atoms with Gasteiger partial charge in [-0.2, -0.15) is 12.1 Å². The summed E-state index contributed by atoms with van der Waals surface area (Å²) in [4.78, 5) is 0. The van der Waals surface area contributed by atoms with E-state index in [0.29, 0.717) is 12.1 Å². The van der Waals surface area contributed by atoms with Crippen molar-refractivity contribution in [2.45, 2.75) is 78.6 Å². The third-order valence-corrected chi connectivity index (χ3v) is 1.88. The molecule has 86 valence electrons. The van der Waals surface area contributed by atoms with Gasteiger partial charge in [-0.05, 0) is 0 Å². The Balaban J connectivity index is -0.000000845. The van der Waals surface area contributed by atoms with Gasteiger partial charge in [0.25, 0.3) is 0 Å². The van der Waals surface area contributed by atoms with E-state index in [4.69, 9.17) is 10.6 Å². The normalized spacial score (nSPS) is 15.8. The van der Waals surface area contributed by atoms with Crippen LogP contribution >= 0.6 is 0 Å². The van der Waals surface area contributed by atoms with Gasteiger partial charge in [0.2, 0.25) is 0 Å². The molecule has 0 unspecified atom stereocenters. The number of nitrogens with zero attached hydrogens (tertiary/aromatic N) is 2. The molecule has 0 heterocycles. The zero-order valence-electron chi connectivity index (χ0n) is 13.0. The quantitative estimate of drug-likeness (QED) is 0.490. The smallest absolute Gasteiger partial charge is 0.656 e. The minimum absolute atomic E-state index is 0.